The first-order chi connectivity index (χ1) is 17.9. The maximum Gasteiger partial charge on any atom is 0.210 e. The number of unbranched alkanes of at least 4 members (excludes halogenated alkanes) is 4. The molecule has 0 unspecified atom stereocenters. The van der Waals surface area contributed by atoms with Crippen LogP contribution in [0, 0.1) is 20.8 Å². The van der Waals surface area contributed by atoms with Gasteiger partial charge in [-0.25, -0.2) is 4.70 Å². The molecular formula is C35H50N2. The summed E-state index contributed by atoms with van der Waals surface area (Å²) < 4.78 is 1.50. The number of hydrogen-bond acceptors (Lipinski definition) is 0. The van der Waals surface area contributed by atoms with Crippen molar-refractivity contribution in [3.05, 3.63) is 86.0 Å². The van der Waals surface area contributed by atoms with Crippen molar-refractivity contribution in [2.24, 2.45) is 0 Å². The second kappa shape index (κ2) is 13.9. The van der Waals surface area contributed by atoms with Gasteiger partial charge in [-0.05, 0) is 130 Å². The highest BCUT2D eigenvalue weighted by molar-refractivity contribution is 5.79. The first kappa shape index (κ1) is 29.1. The van der Waals surface area contributed by atoms with Crippen LogP contribution in [0.2, 0.25) is 0 Å². The number of rotatable bonds is 14. The average Bonchev–Trinajstić information content (AvgIpc) is 3.22. The fourth-order valence-electron chi connectivity index (χ4n) is 5.60. The lowest BCUT2D eigenvalue weighted by atomic mass is 9.87. The molecule has 0 saturated carbocycles. The third-order valence-corrected chi connectivity index (χ3v) is 8.17. The van der Waals surface area contributed by atoms with Gasteiger partial charge in [-0.15, -0.1) is 0 Å². The zero-order valence-electron chi connectivity index (χ0n) is 24.8. The topological polar surface area (TPSA) is 25.3 Å². The molecule has 0 aromatic heterocycles. The van der Waals surface area contributed by atoms with Gasteiger partial charge in [0, 0.05) is 22.8 Å². The molecule has 1 aliphatic rings. The lowest BCUT2D eigenvalue weighted by molar-refractivity contribution is -0.344. The molecule has 0 N–H and O–H groups in total. The van der Waals surface area contributed by atoms with Crippen LogP contribution in [0.5, 0.6) is 0 Å². The first-order valence-corrected chi connectivity index (χ1v) is 15.0. The molecule has 0 saturated heterocycles. The van der Waals surface area contributed by atoms with Crippen molar-refractivity contribution in [1.29, 1.82) is 0 Å². The summed E-state index contributed by atoms with van der Waals surface area (Å²) in [5.74, 6) is 0. The fraction of sp³-hybridized carbons (Fsp3) is 0.543. The van der Waals surface area contributed by atoms with E-state index in [1.807, 2.05) is 0 Å². The largest absolute Gasteiger partial charge is 0.493 e. The van der Waals surface area contributed by atoms with Crippen LogP contribution in [0.3, 0.4) is 0 Å². The van der Waals surface area contributed by atoms with Crippen molar-refractivity contribution in [3.63, 3.8) is 0 Å². The minimum atomic E-state index is 0.910. The van der Waals surface area contributed by atoms with E-state index in [1.165, 1.54) is 88.6 Å². The summed E-state index contributed by atoms with van der Waals surface area (Å²) in [5, 5.41) is 0. The van der Waals surface area contributed by atoms with Crippen molar-refractivity contribution < 1.29 is 4.70 Å². The fourth-order valence-corrected chi connectivity index (χ4v) is 5.60. The Bertz CT molecular complexity index is 1110. The predicted octanol–water partition coefficient (Wildman–Crippen LogP) is 10.6. The van der Waals surface area contributed by atoms with Crippen LogP contribution < -0.4 is 0 Å². The zero-order valence-corrected chi connectivity index (χ0v) is 24.8. The van der Waals surface area contributed by atoms with Gasteiger partial charge in [-0.1, -0.05) is 53.4 Å². The molecule has 1 heterocycles. The van der Waals surface area contributed by atoms with Gasteiger partial charge in [0.1, 0.15) is 0 Å². The molecule has 200 valence electrons. The molecule has 2 nitrogen and oxygen atoms in total. The smallest absolute Gasteiger partial charge is 0.210 e. The van der Waals surface area contributed by atoms with Crippen molar-refractivity contribution in [3.8, 4) is 0 Å². The number of hydrogen-bond donors (Lipinski definition) is 0. The van der Waals surface area contributed by atoms with Gasteiger partial charge < -0.3 is 5.53 Å². The van der Waals surface area contributed by atoms with Crippen LogP contribution in [-0.2, 0) is 19.3 Å². The Morgan fingerprint density at radius 2 is 1.11 bits per heavy atom. The van der Waals surface area contributed by atoms with Gasteiger partial charge in [0.25, 0.3) is 0 Å². The SMILES string of the molecule is CCCCC1=C(c2cc(CCCC)c(CCCC)c(CCCC)c2)[N+](=[N-])C(c2cc(C)c(C)c(C)c2)=C1. The third kappa shape index (κ3) is 6.89. The second-order valence-electron chi connectivity index (χ2n) is 11.1. The van der Waals surface area contributed by atoms with E-state index >= 15 is 0 Å². The molecule has 2 aromatic rings. The summed E-state index contributed by atoms with van der Waals surface area (Å²) in [6.07, 6.45) is 16.2. The van der Waals surface area contributed by atoms with E-state index < -0.39 is 0 Å². The highest BCUT2D eigenvalue weighted by Gasteiger charge is 2.30. The Morgan fingerprint density at radius 3 is 1.62 bits per heavy atom. The zero-order chi connectivity index (χ0) is 26.9. The molecule has 37 heavy (non-hydrogen) atoms. The van der Waals surface area contributed by atoms with Crippen molar-refractivity contribution >= 4 is 11.4 Å². The second-order valence-corrected chi connectivity index (χ2v) is 11.1. The summed E-state index contributed by atoms with van der Waals surface area (Å²) in [6, 6.07) is 9.29. The third-order valence-electron chi connectivity index (χ3n) is 8.17. The molecule has 0 spiro atoms. The lowest BCUT2D eigenvalue weighted by Crippen LogP contribution is -2.08. The molecule has 0 amide bonds. The van der Waals surface area contributed by atoms with Crippen LogP contribution >= 0.6 is 0 Å². The molecule has 2 aromatic carbocycles. The summed E-state index contributed by atoms with van der Waals surface area (Å²) >= 11 is 0. The highest BCUT2D eigenvalue weighted by atomic mass is 15.2. The van der Waals surface area contributed by atoms with E-state index in [0.29, 0.717) is 0 Å². The van der Waals surface area contributed by atoms with Crippen molar-refractivity contribution in [2.45, 2.75) is 126 Å². The highest BCUT2D eigenvalue weighted by Crippen LogP contribution is 2.39. The van der Waals surface area contributed by atoms with Crippen LogP contribution in [0.4, 0.5) is 0 Å². The van der Waals surface area contributed by atoms with E-state index in [2.05, 4.69) is 78.8 Å². The van der Waals surface area contributed by atoms with Crippen molar-refractivity contribution in [2.75, 3.05) is 0 Å². The van der Waals surface area contributed by atoms with Gasteiger partial charge >= 0.3 is 0 Å². The van der Waals surface area contributed by atoms with Crippen LogP contribution in [0.1, 0.15) is 130 Å². The van der Waals surface area contributed by atoms with Crippen LogP contribution in [-0.4, -0.2) is 4.70 Å². The normalized spacial score (nSPS) is 13.6. The molecule has 3 rings (SSSR count). The minimum Gasteiger partial charge on any atom is -0.493 e. The first-order valence-electron chi connectivity index (χ1n) is 15.0. The van der Waals surface area contributed by atoms with E-state index in [0.717, 1.165) is 49.1 Å². The minimum absolute atomic E-state index is 0.910. The maximum atomic E-state index is 11.7. The average molecular weight is 499 g/mol. The van der Waals surface area contributed by atoms with E-state index in [9.17, 15) is 5.53 Å². The van der Waals surface area contributed by atoms with Gasteiger partial charge in [-0.3, -0.25) is 0 Å². The molecular weight excluding hydrogens is 448 g/mol. The Balaban J connectivity index is 2.14. The number of benzene rings is 2. The summed E-state index contributed by atoms with van der Waals surface area (Å²) in [4.78, 5) is 0. The van der Waals surface area contributed by atoms with E-state index in [-0.39, 0.29) is 0 Å². The molecule has 0 fully saturated rings. The monoisotopic (exact) mass is 498 g/mol. The van der Waals surface area contributed by atoms with Gasteiger partial charge in [-0.2, -0.15) is 0 Å². The molecule has 0 bridgehead atoms. The molecule has 2 heteroatoms. The Morgan fingerprint density at radius 1 is 0.622 bits per heavy atom. The molecule has 0 aliphatic carbocycles. The Labute approximate surface area is 227 Å². The predicted molar refractivity (Wildman–Crippen MR) is 161 cm³/mol. The summed E-state index contributed by atoms with van der Waals surface area (Å²) in [7, 11) is 0. The number of nitrogens with zero attached hydrogens (tertiary/aromatic N) is 2. The number of aryl methyl sites for hydroxylation is 4. The molecule has 1 aliphatic heterocycles. The summed E-state index contributed by atoms with van der Waals surface area (Å²) in [6.45, 7) is 15.6. The van der Waals surface area contributed by atoms with Crippen LogP contribution in [0.25, 0.3) is 16.9 Å². The van der Waals surface area contributed by atoms with Gasteiger partial charge in [0.2, 0.25) is 11.4 Å². The molecule has 0 atom stereocenters. The van der Waals surface area contributed by atoms with E-state index in [1.54, 1.807) is 5.56 Å². The Hall–Kier alpha value is -2.48. The van der Waals surface area contributed by atoms with Crippen LogP contribution in [0.15, 0.2) is 35.9 Å². The Kier molecular flexibility index (Phi) is 10.9. The van der Waals surface area contributed by atoms with Gasteiger partial charge in [0.05, 0.1) is 0 Å². The molecule has 0 radical (unpaired) electrons. The maximum absolute atomic E-state index is 11.7. The van der Waals surface area contributed by atoms with E-state index in [4.69, 9.17) is 0 Å². The quantitative estimate of drug-likeness (QED) is 0.231. The lowest BCUT2D eigenvalue weighted by Gasteiger charge is -2.19. The standard InChI is InChI=1S/C35H50N2/c1-8-12-16-28-22-32(23-29(17-13-9-2)33(28)19-15-11-4)35-30(18-14-10-3)24-34(37(35)36)31-20-25(5)27(7)26(6)21-31/h20-24H,8-19H2,1-7H3. The van der Waals surface area contributed by atoms with Crippen molar-refractivity contribution in [1.82, 2.24) is 0 Å². The van der Waals surface area contributed by atoms with Gasteiger partial charge in [0.15, 0.2) is 0 Å². The summed E-state index contributed by atoms with van der Waals surface area (Å²) in [5.41, 5.74) is 25.7. The number of allylic oxidation sites excluding steroid dienone is 2.